The molecule has 9 aliphatic carbocycles. The van der Waals surface area contributed by atoms with Gasteiger partial charge in [-0.3, -0.25) is 9.59 Å². The van der Waals surface area contributed by atoms with Crippen LogP contribution in [0.3, 0.4) is 0 Å². The zero-order valence-corrected chi connectivity index (χ0v) is 49.1. The van der Waals surface area contributed by atoms with E-state index in [0.29, 0.717) is 70.8 Å². The fourth-order valence-corrected chi connectivity index (χ4v) is 24.0. The molecule has 24 unspecified atom stereocenters. The van der Waals surface area contributed by atoms with Crippen molar-refractivity contribution in [2.45, 2.75) is 204 Å². The number of fused-ring (bicyclic) bond motifs is 5. The van der Waals surface area contributed by atoms with Gasteiger partial charge in [0.1, 0.15) is 30.4 Å². The van der Waals surface area contributed by atoms with Crippen molar-refractivity contribution in [3.8, 4) is 11.8 Å². The van der Waals surface area contributed by atoms with Crippen LogP contribution >= 0.6 is 0 Å². The molecule has 0 aromatic carbocycles. The minimum absolute atomic E-state index is 0.0263. The number of carbonyl (C=O) groups excluding carboxylic acids is 1. The van der Waals surface area contributed by atoms with Gasteiger partial charge in [-0.1, -0.05) is 63.5 Å². The number of carboxylic acids is 1. The number of nitrogens with two attached hydrogens (primary N) is 1. The number of nitrogens with one attached hydrogen (secondary N) is 4. The summed E-state index contributed by atoms with van der Waals surface area (Å²) in [6.45, 7) is 3.90. The van der Waals surface area contributed by atoms with Crippen LogP contribution in [0, 0.1) is 109 Å². The first-order valence-electron chi connectivity index (χ1n) is 32.5. The monoisotopic (exact) mass is 1160 g/mol. The highest BCUT2D eigenvalue weighted by Gasteiger charge is 2.83. The molecule has 19 nitrogen and oxygen atoms in total. The van der Waals surface area contributed by atoms with E-state index in [9.17, 15) is 45.6 Å². The average Bonchev–Trinajstić information content (AvgIpc) is 0.666. The van der Waals surface area contributed by atoms with Crippen molar-refractivity contribution in [3.05, 3.63) is 41.9 Å². The second-order valence-electron chi connectivity index (χ2n) is 29.9. The lowest BCUT2D eigenvalue weighted by Crippen LogP contribution is -2.79. The third-order valence-corrected chi connectivity index (χ3v) is 27.0. The third kappa shape index (κ3) is 7.78. The van der Waals surface area contributed by atoms with Crippen LogP contribution in [0.1, 0.15) is 160 Å². The summed E-state index contributed by atoms with van der Waals surface area (Å²) in [7, 11) is 0. The molecule has 1 amide bonds. The largest absolute Gasteiger partial charge is 0.481 e. The quantitative estimate of drug-likeness (QED) is 0.0583. The Morgan fingerprint density at radius 1 is 0.893 bits per heavy atom. The Kier molecular flexibility index (Phi) is 14.3. The number of carbonyl (C=O) groups is 2. The number of amides is 1. The number of hydrogen-bond acceptors (Lipinski definition) is 15. The molecule has 14 rings (SSSR count). The van der Waals surface area contributed by atoms with Crippen molar-refractivity contribution >= 4 is 17.7 Å². The molecule has 7 saturated carbocycles. The molecule has 14 N–H and O–H groups in total. The summed E-state index contributed by atoms with van der Waals surface area (Å²) in [5.74, 6) is 4.53. The first kappa shape index (κ1) is 57.8. The molecule has 5 bridgehead atoms. The van der Waals surface area contributed by atoms with Gasteiger partial charge in [-0.15, -0.1) is 5.92 Å². The lowest BCUT2D eigenvalue weighted by atomic mass is 9.23. The second kappa shape index (κ2) is 20.8. The summed E-state index contributed by atoms with van der Waals surface area (Å²) < 4.78 is 13.2. The van der Waals surface area contributed by atoms with Gasteiger partial charge in [0, 0.05) is 72.0 Å². The van der Waals surface area contributed by atoms with Crippen LogP contribution in [0.2, 0.25) is 0 Å². The number of anilines is 1. The van der Waals surface area contributed by atoms with Gasteiger partial charge < -0.3 is 76.7 Å². The first-order chi connectivity index (χ1) is 40.4. The Bertz CT molecular complexity index is 2920. The van der Waals surface area contributed by atoms with E-state index in [1.165, 1.54) is 5.57 Å². The number of nitrogens with zero attached hydrogens (tertiary/aromatic N) is 2. The Labute approximate surface area is 492 Å². The number of allylic oxidation sites excluding steroid dienone is 2. The van der Waals surface area contributed by atoms with Gasteiger partial charge in [-0.25, -0.2) is 9.97 Å². The maximum Gasteiger partial charge on any atom is 0.310 e. The molecular weight excluding hydrogens is 1070 g/mol. The molecule has 460 valence electrons. The highest BCUT2D eigenvalue weighted by molar-refractivity contribution is 5.86. The van der Waals surface area contributed by atoms with Gasteiger partial charge >= 0.3 is 5.97 Å². The number of H-pyrrole nitrogens is 2. The predicted octanol–water partition coefficient (Wildman–Crippen LogP) is 4.88. The van der Waals surface area contributed by atoms with Crippen molar-refractivity contribution in [2.24, 2.45) is 103 Å². The smallest absolute Gasteiger partial charge is 0.310 e. The normalized spacial score (nSPS) is 47.9. The minimum Gasteiger partial charge on any atom is -0.481 e. The summed E-state index contributed by atoms with van der Waals surface area (Å²) >= 11 is 0. The second-order valence-corrected chi connectivity index (χ2v) is 29.9. The molecule has 84 heavy (non-hydrogen) atoms. The van der Waals surface area contributed by atoms with Crippen LogP contribution in [0.5, 0.6) is 0 Å². The number of aliphatic carboxylic acids is 1. The molecule has 9 fully saturated rings. The molecule has 2 aromatic rings. The average molecular weight is 1160 g/mol. The number of rotatable bonds is 12. The summed E-state index contributed by atoms with van der Waals surface area (Å²) in [6, 6.07) is -0.535. The van der Waals surface area contributed by atoms with E-state index < -0.39 is 111 Å². The molecule has 2 spiro atoms. The first-order valence-corrected chi connectivity index (χ1v) is 32.5. The van der Waals surface area contributed by atoms with Gasteiger partial charge in [0.25, 0.3) is 0 Å². The zero-order valence-electron chi connectivity index (χ0n) is 49.1. The van der Waals surface area contributed by atoms with Crippen LogP contribution in [0.25, 0.3) is 0 Å². The number of ether oxygens (including phenoxy) is 2. The summed E-state index contributed by atoms with van der Waals surface area (Å²) in [5.41, 5.74) is 3.67. The number of aliphatic hydroxyl groups excluding tert-OH is 7. The van der Waals surface area contributed by atoms with E-state index in [-0.39, 0.29) is 79.5 Å². The Morgan fingerprint density at radius 3 is 2.42 bits per heavy atom. The zero-order chi connectivity index (χ0) is 58.5. The highest BCUT2D eigenvalue weighted by atomic mass is 16.7. The molecule has 2 saturated heterocycles. The maximum atomic E-state index is 15.7. The molecule has 3 aliphatic heterocycles. The third-order valence-electron chi connectivity index (χ3n) is 27.0. The fourth-order valence-electron chi connectivity index (χ4n) is 24.0. The maximum absolute atomic E-state index is 15.7. The van der Waals surface area contributed by atoms with Gasteiger partial charge in [0.05, 0.1) is 54.6 Å². The van der Waals surface area contributed by atoms with Gasteiger partial charge in [0.2, 0.25) is 5.91 Å². The molecule has 19 heteroatoms. The number of aliphatic hydroxyl groups is 7. The van der Waals surface area contributed by atoms with Gasteiger partial charge in [-0.05, 0) is 154 Å². The van der Waals surface area contributed by atoms with E-state index in [1.807, 2.05) is 0 Å². The van der Waals surface area contributed by atoms with E-state index in [2.05, 4.69) is 57.3 Å². The number of hydrogen-bond donors (Lipinski definition) is 13. The number of carboxylic acid groups (broad SMARTS) is 1. The molecule has 5 heterocycles. The Morgan fingerprint density at radius 2 is 1.69 bits per heavy atom. The highest BCUT2D eigenvalue weighted by Crippen LogP contribution is 2.85. The van der Waals surface area contributed by atoms with Crippen LogP contribution in [-0.4, -0.2) is 148 Å². The summed E-state index contributed by atoms with van der Waals surface area (Å²) in [6.07, 6.45) is 12.9. The van der Waals surface area contributed by atoms with E-state index >= 15 is 4.79 Å². The number of aromatic amines is 2. The van der Waals surface area contributed by atoms with E-state index in [4.69, 9.17) is 20.2 Å². The standard InChI is InChI=1S/C65H93N7O12/c1-59(30-73)22-23-63(58(81)82)40(26-59)38-24-34-10-9-19-62-21-16-45-60(2,31-74)54(84-56-52(79)50(77)44(75)29-83-56)51(78)48(65(45,53(34)62)35-11-3-4-12-35)37(13-5-6-20-64(38,62)39-25-42-55(71-33-70-42)68-27-41(39)63)47-49(72-57(80)61(47)17-7-8-18-61)36(14-15-46(66)76)43-28-67-32-69-43/h24,28,32-37,39-41,44-54,56,68,73-79H,3-4,6-12,14-23,25-27,29-31,66H2,1-2H3,(H,67,69)(H,70,71)(H,72,80)(H,81,82). The number of imidazole rings is 2. The van der Waals surface area contributed by atoms with Crippen molar-refractivity contribution in [2.75, 3.05) is 31.7 Å². The van der Waals surface area contributed by atoms with Crippen molar-refractivity contribution < 1.29 is 59.9 Å². The SMILES string of the molecule is CC1(CO)CCC2(C(=O)O)C(C1)C1=CC3CCCC45CCC6C(C)(CO)C(OC7OCC(O)C(O)C7O)C(O)C(C(C7C(C(CCC(N)O)c8cnc[nH]8)NC(=O)C78CCCC8)C#CCCC14C1Cc4[nH]cnc4NCC12)C6(C1CCCC1)C35. The molecule has 12 aliphatic rings. The van der Waals surface area contributed by atoms with Crippen molar-refractivity contribution in [3.63, 3.8) is 0 Å². The topological polar surface area (TPSA) is 322 Å². The molecule has 0 radical (unpaired) electrons. The Hall–Kier alpha value is -3.94. The van der Waals surface area contributed by atoms with Crippen LogP contribution in [0.4, 0.5) is 5.82 Å². The predicted molar refractivity (Wildman–Crippen MR) is 306 cm³/mol. The Balaban J connectivity index is 1.06. The fraction of sp³-hybridized carbons (Fsp3) is 0.815. The summed E-state index contributed by atoms with van der Waals surface area (Å²) in [4.78, 5) is 46.9. The summed E-state index contributed by atoms with van der Waals surface area (Å²) in [5, 5.41) is 103. The van der Waals surface area contributed by atoms with Gasteiger partial charge in [0.15, 0.2) is 6.29 Å². The van der Waals surface area contributed by atoms with Crippen LogP contribution in [0.15, 0.2) is 30.5 Å². The minimum atomic E-state index is -1.68. The van der Waals surface area contributed by atoms with Gasteiger partial charge in [-0.2, -0.15) is 0 Å². The van der Waals surface area contributed by atoms with Crippen LogP contribution in [-0.2, 0) is 25.5 Å². The van der Waals surface area contributed by atoms with E-state index in [0.717, 1.165) is 81.4 Å². The number of aromatic nitrogens is 4. The van der Waals surface area contributed by atoms with Crippen molar-refractivity contribution in [1.29, 1.82) is 0 Å². The lowest BCUT2D eigenvalue weighted by molar-refractivity contribution is -0.361. The molecule has 24 atom stereocenters. The van der Waals surface area contributed by atoms with Crippen molar-refractivity contribution in [1.82, 2.24) is 25.3 Å². The van der Waals surface area contributed by atoms with E-state index in [1.54, 1.807) is 18.9 Å². The molecule has 2 aromatic heterocycles. The van der Waals surface area contributed by atoms with Crippen LogP contribution < -0.4 is 16.4 Å². The molecular formula is C65H93N7O12. The lowest BCUT2D eigenvalue weighted by Gasteiger charge is -2.80.